The summed E-state index contributed by atoms with van der Waals surface area (Å²) in [7, 11) is 1.62. The summed E-state index contributed by atoms with van der Waals surface area (Å²) in [5, 5.41) is 18.6. The molecule has 0 bridgehead atoms. The molecule has 0 spiro atoms. The molecule has 2 aromatic heterocycles. The molecule has 180 valence electrons. The molecule has 0 radical (unpaired) electrons. The summed E-state index contributed by atoms with van der Waals surface area (Å²) in [6, 6.07) is 13.3. The van der Waals surface area contributed by atoms with Crippen molar-refractivity contribution in [2.45, 2.75) is 31.9 Å². The van der Waals surface area contributed by atoms with E-state index in [1.807, 2.05) is 30.3 Å². The van der Waals surface area contributed by atoms with Crippen LogP contribution in [0.5, 0.6) is 5.75 Å². The summed E-state index contributed by atoms with van der Waals surface area (Å²) in [6.45, 7) is 1.14. The monoisotopic (exact) mass is 473 g/mol. The summed E-state index contributed by atoms with van der Waals surface area (Å²) in [5.74, 6) is 0.851. The number of nitrogens with zero attached hydrogens (tertiary/aromatic N) is 5. The van der Waals surface area contributed by atoms with Gasteiger partial charge in [-0.2, -0.15) is 5.26 Å². The summed E-state index contributed by atoms with van der Waals surface area (Å²) in [4.78, 5) is 26.4. The first-order chi connectivity index (χ1) is 17.1. The zero-order valence-corrected chi connectivity index (χ0v) is 19.6. The number of carbonyl (C=O) groups excluding carboxylic acids is 1. The zero-order valence-electron chi connectivity index (χ0n) is 19.6. The van der Waals surface area contributed by atoms with Crippen molar-refractivity contribution in [3.05, 3.63) is 71.4 Å². The van der Waals surface area contributed by atoms with Crippen molar-refractivity contribution in [1.82, 2.24) is 19.9 Å². The SMILES string of the molecule is CN(Cc1ccc(Cc2nccc(-c3ccc(OC4CCOCC4)c(C#N)c3)n2)cn1)C(=O)CO. The Labute approximate surface area is 204 Å². The Morgan fingerprint density at radius 1 is 1.23 bits per heavy atom. The third kappa shape index (κ3) is 6.38. The summed E-state index contributed by atoms with van der Waals surface area (Å²) in [6.07, 6.45) is 5.61. The first kappa shape index (κ1) is 24.3. The third-order valence-corrected chi connectivity index (χ3v) is 5.77. The van der Waals surface area contributed by atoms with Crippen LogP contribution in [0.1, 0.15) is 35.5 Å². The fraction of sp³-hybridized carbons (Fsp3) is 0.346. The second kappa shape index (κ2) is 11.5. The number of aliphatic hydroxyl groups is 1. The van der Waals surface area contributed by atoms with Crippen LogP contribution in [0.25, 0.3) is 11.3 Å². The molecular weight excluding hydrogens is 446 g/mol. The van der Waals surface area contributed by atoms with Crippen molar-refractivity contribution in [3.63, 3.8) is 0 Å². The number of pyridine rings is 1. The van der Waals surface area contributed by atoms with Crippen molar-refractivity contribution in [1.29, 1.82) is 5.26 Å². The average molecular weight is 474 g/mol. The minimum absolute atomic E-state index is 0.0583. The van der Waals surface area contributed by atoms with Gasteiger partial charge in [0, 0.05) is 44.3 Å². The molecule has 9 nitrogen and oxygen atoms in total. The van der Waals surface area contributed by atoms with Gasteiger partial charge in [-0.3, -0.25) is 9.78 Å². The van der Waals surface area contributed by atoms with Gasteiger partial charge in [-0.05, 0) is 35.9 Å². The van der Waals surface area contributed by atoms with E-state index >= 15 is 0 Å². The Hall–Kier alpha value is -3.87. The van der Waals surface area contributed by atoms with Crippen LogP contribution in [0.4, 0.5) is 0 Å². The summed E-state index contributed by atoms with van der Waals surface area (Å²) in [5.41, 5.74) is 3.66. The molecule has 0 aliphatic carbocycles. The summed E-state index contributed by atoms with van der Waals surface area (Å²) >= 11 is 0. The molecule has 0 saturated carbocycles. The van der Waals surface area contributed by atoms with Crippen molar-refractivity contribution >= 4 is 5.91 Å². The zero-order chi connectivity index (χ0) is 24.6. The van der Waals surface area contributed by atoms with Gasteiger partial charge < -0.3 is 19.5 Å². The Kier molecular flexibility index (Phi) is 7.98. The fourth-order valence-electron chi connectivity index (χ4n) is 3.79. The number of benzene rings is 1. The number of aliphatic hydroxyl groups excluding tert-OH is 1. The number of hydrogen-bond donors (Lipinski definition) is 1. The molecule has 4 rings (SSSR count). The maximum absolute atomic E-state index is 11.5. The molecule has 1 aliphatic rings. The van der Waals surface area contributed by atoms with E-state index in [4.69, 9.17) is 14.6 Å². The molecular formula is C26H27N5O4. The molecule has 1 fully saturated rings. The van der Waals surface area contributed by atoms with Crippen molar-refractivity contribution in [2.24, 2.45) is 0 Å². The van der Waals surface area contributed by atoms with Crippen molar-refractivity contribution in [3.8, 4) is 23.1 Å². The second-order valence-corrected chi connectivity index (χ2v) is 8.35. The number of rotatable bonds is 8. The highest BCUT2D eigenvalue weighted by atomic mass is 16.5. The number of likely N-dealkylation sites (N-methyl/N-ethyl adjacent to an activating group) is 1. The van der Waals surface area contributed by atoms with Crippen LogP contribution in [-0.2, 0) is 22.5 Å². The van der Waals surface area contributed by atoms with E-state index in [0.29, 0.717) is 43.3 Å². The molecule has 3 heterocycles. The Morgan fingerprint density at radius 3 is 2.77 bits per heavy atom. The van der Waals surface area contributed by atoms with E-state index in [0.717, 1.165) is 35.4 Å². The van der Waals surface area contributed by atoms with Crippen LogP contribution in [0.15, 0.2) is 48.8 Å². The quantitative estimate of drug-likeness (QED) is 0.530. The highest BCUT2D eigenvalue weighted by Crippen LogP contribution is 2.27. The lowest BCUT2D eigenvalue weighted by atomic mass is 10.1. The van der Waals surface area contributed by atoms with Crippen LogP contribution in [-0.4, -0.2) is 63.8 Å². The van der Waals surface area contributed by atoms with Crippen LogP contribution < -0.4 is 4.74 Å². The predicted molar refractivity (Wildman–Crippen MR) is 127 cm³/mol. The molecule has 35 heavy (non-hydrogen) atoms. The first-order valence-corrected chi connectivity index (χ1v) is 11.4. The van der Waals surface area contributed by atoms with Gasteiger partial charge in [0.25, 0.3) is 0 Å². The molecule has 0 unspecified atom stereocenters. The van der Waals surface area contributed by atoms with Crippen LogP contribution >= 0.6 is 0 Å². The average Bonchev–Trinajstić information content (AvgIpc) is 2.90. The molecule has 3 aromatic rings. The lowest BCUT2D eigenvalue weighted by Crippen LogP contribution is -2.28. The van der Waals surface area contributed by atoms with E-state index in [1.165, 1.54) is 4.90 Å². The number of aromatic nitrogens is 3. The second-order valence-electron chi connectivity index (χ2n) is 8.35. The largest absolute Gasteiger partial charge is 0.489 e. The third-order valence-electron chi connectivity index (χ3n) is 5.77. The van der Waals surface area contributed by atoms with Gasteiger partial charge in [0.15, 0.2) is 0 Å². The molecule has 9 heteroatoms. The highest BCUT2D eigenvalue weighted by Gasteiger charge is 2.17. The Morgan fingerprint density at radius 2 is 2.06 bits per heavy atom. The van der Waals surface area contributed by atoms with Crippen LogP contribution in [0.3, 0.4) is 0 Å². The minimum atomic E-state index is -0.524. The number of nitriles is 1. The van der Waals surface area contributed by atoms with Crippen LogP contribution in [0.2, 0.25) is 0 Å². The maximum Gasteiger partial charge on any atom is 0.248 e. The van der Waals surface area contributed by atoms with Gasteiger partial charge >= 0.3 is 0 Å². The molecule has 1 aromatic carbocycles. The van der Waals surface area contributed by atoms with E-state index in [9.17, 15) is 10.1 Å². The topological polar surface area (TPSA) is 121 Å². The van der Waals surface area contributed by atoms with Gasteiger partial charge in [0.1, 0.15) is 30.4 Å². The van der Waals surface area contributed by atoms with Gasteiger partial charge in [0.2, 0.25) is 5.91 Å². The molecule has 1 N–H and O–H groups in total. The maximum atomic E-state index is 11.5. The number of hydrogen-bond acceptors (Lipinski definition) is 8. The molecule has 1 saturated heterocycles. The number of carbonyl (C=O) groups is 1. The van der Waals surface area contributed by atoms with E-state index in [1.54, 1.807) is 25.5 Å². The smallest absolute Gasteiger partial charge is 0.248 e. The number of ether oxygens (including phenoxy) is 2. The molecule has 1 amide bonds. The molecule has 0 atom stereocenters. The minimum Gasteiger partial charge on any atom is -0.489 e. The van der Waals surface area contributed by atoms with Gasteiger partial charge in [-0.1, -0.05) is 6.07 Å². The molecule has 1 aliphatic heterocycles. The lowest BCUT2D eigenvalue weighted by molar-refractivity contribution is -0.133. The summed E-state index contributed by atoms with van der Waals surface area (Å²) < 4.78 is 11.4. The standard InChI is InChI=1S/C26H27N5O4/c1-31(26(33)17-32)16-21-4-2-18(15-29-21)12-25-28-9-6-23(30-25)19-3-5-24(20(13-19)14-27)35-22-7-10-34-11-8-22/h2-6,9,13,15,22,32H,7-8,10-12,16-17H2,1H3. The Balaban J connectivity index is 1.45. The predicted octanol–water partition coefficient (Wildman–Crippen LogP) is 2.51. The van der Waals surface area contributed by atoms with Crippen molar-refractivity contribution in [2.75, 3.05) is 26.9 Å². The normalized spacial score (nSPS) is 13.7. The fourth-order valence-corrected chi connectivity index (χ4v) is 3.79. The first-order valence-electron chi connectivity index (χ1n) is 11.4. The highest BCUT2D eigenvalue weighted by molar-refractivity contribution is 5.76. The van der Waals surface area contributed by atoms with Gasteiger partial charge in [0.05, 0.1) is 36.7 Å². The number of amides is 1. The van der Waals surface area contributed by atoms with E-state index < -0.39 is 6.61 Å². The van der Waals surface area contributed by atoms with Gasteiger partial charge in [-0.15, -0.1) is 0 Å². The van der Waals surface area contributed by atoms with E-state index in [-0.39, 0.29) is 12.0 Å². The Bertz CT molecular complexity index is 1200. The van der Waals surface area contributed by atoms with Crippen molar-refractivity contribution < 1.29 is 19.4 Å². The van der Waals surface area contributed by atoms with Gasteiger partial charge in [-0.25, -0.2) is 9.97 Å². The van der Waals surface area contributed by atoms with E-state index in [2.05, 4.69) is 21.0 Å². The lowest BCUT2D eigenvalue weighted by Gasteiger charge is -2.23. The van der Waals surface area contributed by atoms with Crippen LogP contribution in [0, 0.1) is 11.3 Å².